The van der Waals surface area contributed by atoms with E-state index in [2.05, 4.69) is 10.2 Å². The monoisotopic (exact) mass is 421 g/mol. The fraction of sp³-hybridized carbons (Fsp3) is 0.333. The lowest BCUT2D eigenvalue weighted by molar-refractivity contribution is -0.123. The number of likely N-dealkylation sites (tertiary alicyclic amines) is 1. The van der Waals surface area contributed by atoms with Crippen molar-refractivity contribution in [3.63, 3.8) is 0 Å². The number of fused-ring (bicyclic) bond motifs is 1. The van der Waals surface area contributed by atoms with Crippen LogP contribution in [0.1, 0.15) is 24.0 Å². The predicted molar refractivity (Wildman–Crippen MR) is 119 cm³/mol. The van der Waals surface area contributed by atoms with Gasteiger partial charge in [-0.25, -0.2) is 0 Å². The molecule has 2 heterocycles. The van der Waals surface area contributed by atoms with E-state index in [9.17, 15) is 9.59 Å². The molecular weight excluding hydrogens is 394 g/mol. The smallest absolute Gasteiger partial charge is 0.228 e. The molecule has 2 aromatic carbocycles. The Labute approximate surface area is 181 Å². The van der Waals surface area contributed by atoms with Crippen molar-refractivity contribution < 1.29 is 18.7 Å². The van der Waals surface area contributed by atoms with Gasteiger partial charge in [0.2, 0.25) is 11.8 Å². The number of rotatable bonds is 7. The molecule has 1 aliphatic heterocycles. The Hall–Kier alpha value is -3.32. The van der Waals surface area contributed by atoms with Crippen LogP contribution in [0.2, 0.25) is 0 Å². The van der Waals surface area contributed by atoms with Crippen LogP contribution in [0.5, 0.6) is 5.75 Å². The zero-order valence-corrected chi connectivity index (χ0v) is 17.6. The van der Waals surface area contributed by atoms with Crippen LogP contribution in [0, 0.1) is 5.92 Å². The van der Waals surface area contributed by atoms with Crippen LogP contribution in [0.15, 0.2) is 53.1 Å². The SMILES string of the molecule is COc1ccc2c(CC(=O)Nc3ccccc3CN3CCCC(C(N)=O)C3)coc2c1. The van der Waals surface area contributed by atoms with Crippen LogP contribution in [0.25, 0.3) is 11.0 Å². The lowest BCUT2D eigenvalue weighted by Crippen LogP contribution is -2.40. The number of nitrogens with zero attached hydrogens (tertiary/aromatic N) is 1. The van der Waals surface area contributed by atoms with Crippen molar-refractivity contribution in [2.75, 3.05) is 25.5 Å². The maximum absolute atomic E-state index is 12.8. The molecular formula is C24H27N3O4. The zero-order chi connectivity index (χ0) is 21.8. The third kappa shape index (κ3) is 4.88. The van der Waals surface area contributed by atoms with Gasteiger partial charge >= 0.3 is 0 Å². The summed E-state index contributed by atoms with van der Waals surface area (Å²) in [7, 11) is 1.61. The average molecular weight is 421 g/mol. The lowest BCUT2D eigenvalue weighted by Gasteiger charge is -2.31. The average Bonchev–Trinajstić information content (AvgIpc) is 3.17. The second kappa shape index (κ2) is 9.22. The molecule has 0 spiro atoms. The van der Waals surface area contributed by atoms with Gasteiger partial charge in [0, 0.05) is 35.8 Å². The van der Waals surface area contributed by atoms with Gasteiger partial charge in [-0.2, -0.15) is 0 Å². The van der Waals surface area contributed by atoms with Crippen LogP contribution in [-0.2, 0) is 22.6 Å². The van der Waals surface area contributed by atoms with Crippen molar-refractivity contribution in [2.45, 2.75) is 25.8 Å². The number of ether oxygens (including phenoxy) is 1. The molecule has 1 atom stereocenters. The summed E-state index contributed by atoms with van der Waals surface area (Å²) in [6.07, 6.45) is 3.61. The summed E-state index contributed by atoms with van der Waals surface area (Å²) in [6, 6.07) is 13.3. The number of benzene rings is 2. The summed E-state index contributed by atoms with van der Waals surface area (Å²) >= 11 is 0. The molecule has 1 aromatic heterocycles. The number of piperidine rings is 1. The molecule has 7 heteroatoms. The third-order valence-corrected chi connectivity index (χ3v) is 5.81. The van der Waals surface area contributed by atoms with Crippen LogP contribution >= 0.6 is 0 Å². The van der Waals surface area contributed by atoms with E-state index in [0.717, 1.165) is 41.6 Å². The molecule has 1 unspecified atom stereocenters. The molecule has 0 saturated carbocycles. The van der Waals surface area contributed by atoms with Crippen LogP contribution < -0.4 is 15.8 Å². The molecule has 2 amide bonds. The number of hydrogen-bond donors (Lipinski definition) is 2. The van der Waals surface area contributed by atoms with E-state index in [1.165, 1.54) is 0 Å². The van der Waals surface area contributed by atoms with Gasteiger partial charge in [0.25, 0.3) is 0 Å². The zero-order valence-electron chi connectivity index (χ0n) is 17.6. The van der Waals surface area contributed by atoms with Crippen molar-refractivity contribution in [1.29, 1.82) is 0 Å². The Kier molecular flexibility index (Phi) is 6.23. The van der Waals surface area contributed by atoms with Gasteiger partial charge in [-0.1, -0.05) is 18.2 Å². The Morgan fingerprint density at radius 2 is 2.06 bits per heavy atom. The van der Waals surface area contributed by atoms with Crippen molar-refractivity contribution in [3.8, 4) is 5.75 Å². The second-order valence-corrected chi connectivity index (χ2v) is 7.98. The minimum absolute atomic E-state index is 0.108. The van der Waals surface area contributed by atoms with E-state index in [1.54, 1.807) is 13.4 Å². The van der Waals surface area contributed by atoms with Crippen molar-refractivity contribution in [1.82, 2.24) is 4.90 Å². The van der Waals surface area contributed by atoms with Gasteiger partial charge in [-0.3, -0.25) is 14.5 Å². The van der Waals surface area contributed by atoms with Gasteiger partial charge in [-0.05, 0) is 43.1 Å². The first kappa shape index (κ1) is 20.9. The largest absolute Gasteiger partial charge is 0.497 e. The van der Waals surface area contributed by atoms with E-state index in [0.29, 0.717) is 24.4 Å². The molecule has 3 aromatic rings. The highest BCUT2D eigenvalue weighted by Crippen LogP contribution is 2.27. The number of para-hydroxylation sites is 1. The molecule has 7 nitrogen and oxygen atoms in total. The van der Waals surface area contributed by atoms with Crippen LogP contribution in [0.4, 0.5) is 5.69 Å². The fourth-order valence-electron chi connectivity index (χ4n) is 4.15. The number of nitrogens with one attached hydrogen (secondary N) is 1. The van der Waals surface area contributed by atoms with Gasteiger partial charge in [0.1, 0.15) is 11.3 Å². The number of nitrogens with two attached hydrogens (primary N) is 1. The number of hydrogen-bond acceptors (Lipinski definition) is 5. The number of furan rings is 1. The second-order valence-electron chi connectivity index (χ2n) is 7.98. The first-order valence-corrected chi connectivity index (χ1v) is 10.5. The minimum atomic E-state index is -0.240. The lowest BCUT2D eigenvalue weighted by atomic mass is 9.97. The number of carbonyl (C=O) groups excluding carboxylic acids is 2. The Morgan fingerprint density at radius 3 is 2.87 bits per heavy atom. The number of carbonyl (C=O) groups is 2. The summed E-state index contributed by atoms with van der Waals surface area (Å²) < 4.78 is 10.8. The summed E-state index contributed by atoms with van der Waals surface area (Å²) in [4.78, 5) is 26.6. The molecule has 1 saturated heterocycles. The van der Waals surface area contributed by atoms with E-state index in [1.807, 2.05) is 42.5 Å². The predicted octanol–water partition coefficient (Wildman–Crippen LogP) is 3.32. The quantitative estimate of drug-likeness (QED) is 0.610. The van der Waals surface area contributed by atoms with Gasteiger partial charge in [0.05, 0.1) is 25.7 Å². The third-order valence-electron chi connectivity index (χ3n) is 5.81. The summed E-state index contributed by atoms with van der Waals surface area (Å²) in [5.74, 6) is 0.252. The molecule has 162 valence electrons. The van der Waals surface area contributed by atoms with E-state index in [4.69, 9.17) is 14.9 Å². The van der Waals surface area contributed by atoms with Crippen molar-refractivity contribution in [2.24, 2.45) is 11.7 Å². The first-order chi connectivity index (χ1) is 15.0. The molecule has 0 aliphatic carbocycles. The Balaban J connectivity index is 1.44. The fourth-order valence-corrected chi connectivity index (χ4v) is 4.15. The molecule has 4 rings (SSSR count). The summed E-state index contributed by atoms with van der Waals surface area (Å²) in [6.45, 7) is 2.23. The summed E-state index contributed by atoms with van der Waals surface area (Å²) in [5.41, 5.74) is 8.82. The van der Waals surface area contributed by atoms with Crippen molar-refractivity contribution >= 4 is 28.5 Å². The highest BCUT2D eigenvalue weighted by molar-refractivity contribution is 5.96. The van der Waals surface area contributed by atoms with Gasteiger partial charge < -0.3 is 20.2 Å². The number of primary amides is 1. The maximum atomic E-state index is 12.8. The minimum Gasteiger partial charge on any atom is -0.497 e. The molecule has 3 N–H and O–H groups in total. The number of amides is 2. The Bertz CT molecular complexity index is 1090. The van der Waals surface area contributed by atoms with Crippen LogP contribution in [0.3, 0.4) is 0 Å². The topological polar surface area (TPSA) is 97.8 Å². The van der Waals surface area contributed by atoms with E-state index in [-0.39, 0.29) is 24.2 Å². The molecule has 0 radical (unpaired) electrons. The highest BCUT2D eigenvalue weighted by Gasteiger charge is 2.24. The molecule has 0 bridgehead atoms. The number of anilines is 1. The van der Waals surface area contributed by atoms with E-state index >= 15 is 0 Å². The van der Waals surface area contributed by atoms with E-state index < -0.39 is 0 Å². The van der Waals surface area contributed by atoms with Crippen molar-refractivity contribution in [3.05, 3.63) is 59.9 Å². The highest BCUT2D eigenvalue weighted by atomic mass is 16.5. The Morgan fingerprint density at radius 1 is 1.23 bits per heavy atom. The standard InChI is InChI=1S/C24H27N3O4/c1-30-19-8-9-20-18(15-31-22(20)12-19)11-23(28)26-21-7-3-2-5-16(21)13-27-10-4-6-17(14-27)24(25)29/h2-3,5,7-9,12,15,17H,4,6,10-11,13-14H2,1H3,(H2,25,29)(H,26,28). The normalized spacial score (nSPS) is 16.9. The molecule has 31 heavy (non-hydrogen) atoms. The summed E-state index contributed by atoms with van der Waals surface area (Å²) in [5, 5.41) is 3.93. The van der Waals surface area contributed by atoms with Gasteiger partial charge in [-0.15, -0.1) is 0 Å². The van der Waals surface area contributed by atoms with Gasteiger partial charge in [0.15, 0.2) is 0 Å². The first-order valence-electron chi connectivity index (χ1n) is 10.5. The molecule has 1 aliphatic rings. The molecule has 1 fully saturated rings. The maximum Gasteiger partial charge on any atom is 0.228 e. The number of methoxy groups -OCH3 is 1. The van der Waals surface area contributed by atoms with Crippen LogP contribution in [-0.4, -0.2) is 36.9 Å².